The van der Waals surface area contributed by atoms with Crippen molar-refractivity contribution >= 4 is 31.9 Å². The van der Waals surface area contributed by atoms with Gasteiger partial charge in [0, 0.05) is 0 Å². The Labute approximate surface area is 80.9 Å². The Morgan fingerprint density at radius 1 is 1.42 bits per heavy atom. The number of amides is 1. The van der Waals surface area contributed by atoms with Crippen molar-refractivity contribution in [2.45, 2.75) is 18.7 Å². The van der Waals surface area contributed by atoms with E-state index in [0.29, 0.717) is 0 Å². The zero-order chi connectivity index (χ0) is 9.94. The van der Waals surface area contributed by atoms with E-state index in [4.69, 9.17) is 0 Å². The van der Waals surface area contributed by atoms with E-state index in [1.807, 2.05) is 18.6 Å². The van der Waals surface area contributed by atoms with Gasteiger partial charge in [-0.3, -0.25) is 9.52 Å². The van der Waals surface area contributed by atoms with Gasteiger partial charge in [-0.25, -0.2) is 8.42 Å². The van der Waals surface area contributed by atoms with Crippen LogP contribution in [0, 0.1) is 5.92 Å². The molecule has 0 spiro atoms. The number of carbonyl (C=O) groups excluding carboxylic acids is 1. The maximum Gasteiger partial charge on any atom is 0.247 e. The molecule has 0 saturated heterocycles. The highest BCUT2D eigenvalue weighted by Gasteiger charge is 2.20. The third kappa shape index (κ3) is 4.71. The average Bonchev–Trinajstić information content (AvgIpc) is 1.82. The van der Waals surface area contributed by atoms with Crippen LogP contribution in [0.2, 0.25) is 0 Å². The predicted molar refractivity (Wildman–Crippen MR) is 50.5 cm³/mol. The second-order valence-corrected chi connectivity index (χ2v) is 5.62. The van der Waals surface area contributed by atoms with E-state index >= 15 is 0 Å². The SMILES string of the molecule is CC(C)C(Br)C(=O)NS(C)(=O)=O. The van der Waals surface area contributed by atoms with Crippen molar-refractivity contribution in [1.82, 2.24) is 4.72 Å². The van der Waals surface area contributed by atoms with Crippen LogP contribution in [0.25, 0.3) is 0 Å². The van der Waals surface area contributed by atoms with Gasteiger partial charge in [0.05, 0.1) is 11.1 Å². The number of nitrogens with one attached hydrogen (secondary N) is 1. The highest BCUT2D eigenvalue weighted by molar-refractivity contribution is 9.10. The third-order valence-corrected chi connectivity index (χ3v) is 3.17. The van der Waals surface area contributed by atoms with Crippen LogP contribution in [0.1, 0.15) is 13.8 Å². The summed E-state index contributed by atoms with van der Waals surface area (Å²) in [5.74, 6) is -0.459. The Morgan fingerprint density at radius 3 is 2.08 bits per heavy atom. The van der Waals surface area contributed by atoms with Gasteiger partial charge in [-0.1, -0.05) is 29.8 Å². The van der Waals surface area contributed by atoms with Crippen LogP contribution >= 0.6 is 15.9 Å². The van der Waals surface area contributed by atoms with Gasteiger partial charge in [0.1, 0.15) is 0 Å². The van der Waals surface area contributed by atoms with Gasteiger partial charge in [-0.15, -0.1) is 0 Å². The fraction of sp³-hybridized carbons (Fsp3) is 0.833. The van der Waals surface area contributed by atoms with Crippen LogP contribution in [-0.4, -0.2) is 25.4 Å². The third-order valence-electron chi connectivity index (χ3n) is 1.12. The smallest absolute Gasteiger partial charge is 0.247 e. The Hall–Kier alpha value is -0.100. The molecule has 0 fully saturated rings. The lowest BCUT2D eigenvalue weighted by Crippen LogP contribution is -2.37. The molecule has 1 N–H and O–H groups in total. The van der Waals surface area contributed by atoms with E-state index < -0.39 is 20.8 Å². The number of halogens is 1. The van der Waals surface area contributed by atoms with E-state index in [1.165, 1.54) is 0 Å². The Bertz CT molecular complexity index is 260. The Balaban J connectivity index is 4.25. The summed E-state index contributed by atoms with van der Waals surface area (Å²) in [6.45, 7) is 3.64. The molecule has 0 aliphatic carbocycles. The molecule has 72 valence electrons. The van der Waals surface area contributed by atoms with Crippen molar-refractivity contribution in [3.05, 3.63) is 0 Å². The molecule has 0 rings (SSSR count). The van der Waals surface area contributed by atoms with Crippen LogP contribution in [0.15, 0.2) is 0 Å². The van der Waals surface area contributed by atoms with Crippen LogP contribution in [0.4, 0.5) is 0 Å². The molecular weight excluding hydrogens is 246 g/mol. The highest BCUT2D eigenvalue weighted by atomic mass is 79.9. The molecule has 0 aliphatic heterocycles. The van der Waals surface area contributed by atoms with E-state index in [9.17, 15) is 13.2 Å². The summed E-state index contributed by atoms with van der Waals surface area (Å²) in [7, 11) is -3.43. The van der Waals surface area contributed by atoms with Crippen molar-refractivity contribution in [3.63, 3.8) is 0 Å². The van der Waals surface area contributed by atoms with E-state index in [-0.39, 0.29) is 5.92 Å². The summed E-state index contributed by atoms with van der Waals surface area (Å²) >= 11 is 3.08. The summed E-state index contributed by atoms with van der Waals surface area (Å²) in [6, 6.07) is 0. The van der Waals surface area contributed by atoms with Crippen molar-refractivity contribution in [2.24, 2.45) is 5.92 Å². The number of rotatable bonds is 3. The molecule has 0 radical (unpaired) electrons. The standard InChI is InChI=1S/C6H12BrNO3S/c1-4(2)5(7)6(9)8-12(3,10)11/h4-5H,1-3H3,(H,8,9). The minimum absolute atomic E-state index is 0.0618. The van der Waals surface area contributed by atoms with E-state index in [2.05, 4.69) is 15.9 Å². The number of hydrogen-bond donors (Lipinski definition) is 1. The first-order chi connectivity index (χ1) is 5.24. The molecule has 0 bridgehead atoms. The summed E-state index contributed by atoms with van der Waals surface area (Å²) < 4.78 is 23.1. The van der Waals surface area contributed by atoms with Crippen LogP contribution in [0.3, 0.4) is 0 Å². The maximum atomic E-state index is 11.1. The highest BCUT2D eigenvalue weighted by Crippen LogP contribution is 2.11. The number of sulfonamides is 1. The Morgan fingerprint density at radius 2 is 1.83 bits per heavy atom. The van der Waals surface area contributed by atoms with Crippen molar-refractivity contribution in [1.29, 1.82) is 0 Å². The van der Waals surface area contributed by atoms with E-state index in [0.717, 1.165) is 6.26 Å². The molecule has 0 heterocycles. The van der Waals surface area contributed by atoms with Crippen LogP contribution < -0.4 is 4.72 Å². The summed E-state index contributed by atoms with van der Waals surface area (Å²) in [4.78, 5) is 10.6. The molecule has 0 aromatic rings. The fourth-order valence-corrected chi connectivity index (χ4v) is 1.30. The van der Waals surface area contributed by atoms with Crippen molar-refractivity contribution < 1.29 is 13.2 Å². The molecule has 0 aromatic carbocycles. The Kier molecular flexibility index (Phi) is 4.19. The zero-order valence-corrected chi connectivity index (χ0v) is 9.57. The second kappa shape index (κ2) is 4.23. The lowest BCUT2D eigenvalue weighted by Gasteiger charge is -2.12. The monoisotopic (exact) mass is 257 g/mol. The maximum absolute atomic E-state index is 11.1. The van der Waals surface area contributed by atoms with Crippen molar-refractivity contribution in [2.75, 3.05) is 6.26 Å². The van der Waals surface area contributed by atoms with Crippen LogP contribution in [-0.2, 0) is 14.8 Å². The summed E-state index contributed by atoms with van der Waals surface area (Å²) in [5.41, 5.74) is 0. The predicted octanol–water partition coefficient (Wildman–Crippen LogP) is 0.482. The molecule has 4 nitrogen and oxygen atoms in total. The number of hydrogen-bond acceptors (Lipinski definition) is 3. The molecular formula is C6H12BrNO3S. The van der Waals surface area contributed by atoms with Gasteiger partial charge in [0.15, 0.2) is 0 Å². The molecule has 1 atom stereocenters. The van der Waals surface area contributed by atoms with Gasteiger partial charge in [-0.05, 0) is 5.92 Å². The molecule has 1 amide bonds. The van der Waals surface area contributed by atoms with Gasteiger partial charge in [0.2, 0.25) is 15.9 Å². The first-order valence-corrected chi connectivity index (χ1v) is 6.20. The van der Waals surface area contributed by atoms with Gasteiger partial charge in [0.25, 0.3) is 0 Å². The average molecular weight is 258 g/mol. The second-order valence-electron chi connectivity index (χ2n) is 2.88. The molecule has 1 unspecified atom stereocenters. The molecule has 12 heavy (non-hydrogen) atoms. The molecule has 0 saturated carbocycles. The minimum atomic E-state index is -3.43. The lowest BCUT2D eigenvalue weighted by atomic mass is 10.1. The molecule has 0 aromatic heterocycles. The molecule has 0 aliphatic rings. The van der Waals surface area contributed by atoms with Crippen molar-refractivity contribution in [3.8, 4) is 0 Å². The van der Waals surface area contributed by atoms with Gasteiger partial charge >= 0.3 is 0 Å². The summed E-state index contributed by atoms with van der Waals surface area (Å²) in [5, 5.41) is 0. The quantitative estimate of drug-likeness (QED) is 0.749. The number of alkyl halides is 1. The van der Waals surface area contributed by atoms with Gasteiger partial charge < -0.3 is 0 Å². The first-order valence-electron chi connectivity index (χ1n) is 3.39. The topological polar surface area (TPSA) is 63.2 Å². The zero-order valence-electron chi connectivity index (χ0n) is 7.17. The normalized spacial score (nSPS) is 14.4. The van der Waals surface area contributed by atoms with Gasteiger partial charge in [-0.2, -0.15) is 0 Å². The largest absolute Gasteiger partial charge is 0.273 e. The van der Waals surface area contributed by atoms with Crippen LogP contribution in [0.5, 0.6) is 0 Å². The first kappa shape index (κ1) is 11.9. The summed E-state index contributed by atoms with van der Waals surface area (Å²) in [6.07, 6.45) is 0.949. The number of carbonyl (C=O) groups is 1. The van der Waals surface area contributed by atoms with E-state index in [1.54, 1.807) is 0 Å². The minimum Gasteiger partial charge on any atom is -0.273 e. The fourth-order valence-electron chi connectivity index (χ4n) is 0.542. The lowest BCUT2D eigenvalue weighted by molar-refractivity contribution is -0.119. The molecule has 6 heteroatoms.